The van der Waals surface area contributed by atoms with Crippen molar-refractivity contribution in [2.45, 2.75) is 44.7 Å². The van der Waals surface area contributed by atoms with Gasteiger partial charge in [-0.15, -0.1) is 0 Å². The number of esters is 1. The molecule has 1 rings (SSSR count). The van der Waals surface area contributed by atoms with E-state index >= 15 is 0 Å². The Morgan fingerprint density at radius 3 is 2.56 bits per heavy atom. The van der Waals surface area contributed by atoms with Crippen molar-refractivity contribution in [1.29, 1.82) is 0 Å². The van der Waals surface area contributed by atoms with Crippen LogP contribution in [0.4, 0.5) is 4.79 Å². The zero-order valence-corrected chi connectivity index (χ0v) is 15.5. The number of carbonyl (C=O) groups excluding carboxylic acids is 2. The first-order valence-electron chi connectivity index (χ1n) is 7.74. The number of hydrogen-bond donors (Lipinski definition) is 3. The van der Waals surface area contributed by atoms with Crippen LogP contribution in [0.5, 0.6) is 0 Å². The van der Waals surface area contributed by atoms with Crippen LogP contribution in [-0.2, 0) is 19.5 Å². The van der Waals surface area contributed by atoms with Crippen molar-refractivity contribution in [2.24, 2.45) is 0 Å². The first-order chi connectivity index (χ1) is 11.5. The molecule has 0 spiro atoms. The van der Waals surface area contributed by atoms with E-state index in [2.05, 4.69) is 20.2 Å². The monoisotopic (exact) mass is 376 g/mol. The second kappa shape index (κ2) is 8.81. The predicted molar refractivity (Wildman–Crippen MR) is 88.6 cm³/mol. The minimum absolute atomic E-state index is 0.0892. The summed E-state index contributed by atoms with van der Waals surface area (Å²) in [5, 5.41) is 8.17. The predicted octanol–water partition coefficient (Wildman–Crippen LogP) is 0.780. The van der Waals surface area contributed by atoms with E-state index < -0.39 is 27.7 Å². The molecule has 0 bridgehead atoms. The van der Waals surface area contributed by atoms with E-state index in [1.54, 1.807) is 27.7 Å². The molecule has 1 heterocycles. The fraction of sp³-hybridized carbons (Fsp3) is 0.643. The normalized spacial score (nSPS) is 11.8. The molecule has 0 aliphatic heterocycles. The third-order valence-corrected chi connectivity index (χ3v) is 4.01. The fourth-order valence-corrected chi connectivity index (χ4v) is 2.63. The Labute approximate surface area is 146 Å². The first kappa shape index (κ1) is 20.9. The summed E-state index contributed by atoms with van der Waals surface area (Å²) in [4.78, 5) is 22.9. The van der Waals surface area contributed by atoms with Gasteiger partial charge in [0.25, 0.3) is 10.0 Å². The van der Waals surface area contributed by atoms with Crippen LogP contribution in [0.25, 0.3) is 0 Å². The molecule has 0 aliphatic rings. The van der Waals surface area contributed by atoms with Gasteiger partial charge in [-0.05, 0) is 34.1 Å². The summed E-state index contributed by atoms with van der Waals surface area (Å²) in [6.45, 7) is 7.37. The lowest BCUT2D eigenvalue weighted by atomic mass is 10.2. The van der Waals surface area contributed by atoms with E-state index in [-0.39, 0.29) is 30.4 Å². The van der Waals surface area contributed by atoms with Gasteiger partial charge in [0.05, 0.1) is 6.61 Å². The summed E-state index contributed by atoms with van der Waals surface area (Å²) in [5.74, 6) is -0.707. The fourth-order valence-electron chi connectivity index (χ4n) is 1.63. The van der Waals surface area contributed by atoms with Gasteiger partial charge in [-0.3, -0.25) is 5.10 Å². The van der Waals surface area contributed by atoms with Crippen molar-refractivity contribution in [3.05, 3.63) is 11.8 Å². The molecule has 1 aromatic heterocycles. The summed E-state index contributed by atoms with van der Waals surface area (Å²) in [6.07, 6.45) is -0.208. The van der Waals surface area contributed by atoms with Crippen LogP contribution in [0.1, 0.15) is 44.6 Å². The number of ether oxygens (including phenoxy) is 2. The Morgan fingerprint density at radius 2 is 1.96 bits per heavy atom. The van der Waals surface area contributed by atoms with Crippen molar-refractivity contribution in [1.82, 2.24) is 20.2 Å². The van der Waals surface area contributed by atoms with E-state index in [1.165, 1.54) is 0 Å². The largest absolute Gasteiger partial charge is 0.461 e. The lowest BCUT2D eigenvalue weighted by Gasteiger charge is -2.19. The molecule has 3 N–H and O–H groups in total. The SMILES string of the molecule is CCOC(=O)c1cc(S(=O)(=O)NCCCNC(=O)OC(C)(C)C)[nH]n1. The molecular formula is C14H24N4O6S. The third-order valence-electron chi connectivity index (χ3n) is 2.64. The lowest BCUT2D eigenvalue weighted by molar-refractivity contribution is 0.0512. The number of hydrogen-bond acceptors (Lipinski definition) is 7. The molecule has 25 heavy (non-hydrogen) atoms. The third kappa shape index (κ3) is 7.52. The average Bonchev–Trinajstić information content (AvgIpc) is 2.96. The molecule has 0 aromatic carbocycles. The zero-order valence-electron chi connectivity index (χ0n) is 14.7. The van der Waals surface area contributed by atoms with Crippen molar-refractivity contribution in [3.8, 4) is 0 Å². The molecule has 11 heteroatoms. The topological polar surface area (TPSA) is 139 Å². The van der Waals surface area contributed by atoms with Gasteiger partial charge in [-0.2, -0.15) is 5.10 Å². The minimum Gasteiger partial charge on any atom is -0.461 e. The van der Waals surface area contributed by atoms with E-state index in [4.69, 9.17) is 9.47 Å². The summed E-state index contributed by atoms with van der Waals surface area (Å²) in [6, 6.07) is 1.10. The molecule has 0 saturated heterocycles. The van der Waals surface area contributed by atoms with Gasteiger partial charge in [0.2, 0.25) is 0 Å². The summed E-state index contributed by atoms with van der Waals surface area (Å²) >= 11 is 0. The van der Waals surface area contributed by atoms with Crippen LogP contribution >= 0.6 is 0 Å². The number of carbonyl (C=O) groups is 2. The molecule has 0 fully saturated rings. The molecule has 0 aliphatic carbocycles. The highest BCUT2D eigenvalue weighted by molar-refractivity contribution is 7.89. The van der Waals surface area contributed by atoms with E-state index in [0.29, 0.717) is 6.42 Å². The summed E-state index contributed by atoms with van der Waals surface area (Å²) in [5.41, 5.74) is -0.711. The Kier molecular flexibility index (Phi) is 7.37. The quantitative estimate of drug-likeness (QED) is 0.450. The lowest BCUT2D eigenvalue weighted by Crippen LogP contribution is -2.34. The molecule has 0 atom stereocenters. The Hall–Kier alpha value is -2.14. The van der Waals surface area contributed by atoms with Crippen molar-refractivity contribution >= 4 is 22.1 Å². The number of aromatic nitrogens is 2. The standard InChI is InChI=1S/C14H24N4O6S/c1-5-23-12(19)10-9-11(18-17-10)25(21,22)16-8-6-7-15-13(20)24-14(2,3)4/h9,16H,5-8H2,1-4H3,(H,15,20)(H,17,18). The van der Waals surface area contributed by atoms with E-state index in [9.17, 15) is 18.0 Å². The molecule has 1 amide bonds. The van der Waals surface area contributed by atoms with E-state index in [1.807, 2.05) is 0 Å². The molecule has 0 radical (unpaired) electrons. The van der Waals surface area contributed by atoms with Crippen molar-refractivity contribution in [3.63, 3.8) is 0 Å². The smallest absolute Gasteiger partial charge is 0.407 e. The Balaban J connectivity index is 2.41. The van der Waals surface area contributed by atoms with Gasteiger partial charge in [-0.1, -0.05) is 0 Å². The number of H-pyrrole nitrogens is 1. The molecule has 10 nitrogen and oxygen atoms in total. The van der Waals surface area contributed by atoms with E-state index in [0.717, 1.165) is 6.07 Å². The van der Waals surface area contributed by atoms with Gasteiger partial charge in [0.1, 0.15) is 5.60 Å². The Morgan fingerprint density at radius 1 is 1.28 bits per heavy atom. The summed E-state index contributed by atoms with van der Waals surface area (Å²) in [7, 11) is -3.84. The van der Waals surface area contributed by atoms with Gasteiger partial charge in [0.15, 0.2) is 10.7 Å². The maximum Gasteiger partial charge on any atom is 0.407 e. The highest BCUT2D eigenvalue weighted by Gasteiger charge is 2.20. The number of alkyl carbamates (subject to hydrolysis) is 1. The van der Waals surface area contributed by atoms with Gasteiger partial charge < -0.3 is 14.8 Å². The molecule has 142 valence electrons. The number of rotatable bonds is 8. The number of amides is 1. The van der Waals surface area contributed by atoms with Gasteiger partial charge >= 0.3 is 12.1 Å². The van der Waals surface area contributed by atoms with Crippen LogP contribution in [0, 0.1) is 0 Å². The van der Waals surface area contributed by atoms with Gasteiger partial charge in [0, 0.05) is 19.2 Å². The highest BCUT2D eigenvalue weighted by Crippen LogP contribution is 2.08. The van der Waals surface area contributed by atoms with Crippen molar-refractivity contribution in [2.75, 3.05) is 19.7 Å². The highest BCUT2D eigenvalue weighted by atomic mass is 32.2. The number of nitrogens with zero attached hydrogens (tertiary/aromatic N) is 1. The molecule has 0 unspecified atom stereocenters. The van der Waals surface area contributed by atoms with Crippen LogP contribution in [0.2, 0.25) is 0 Å². The zero-order chi connectivity index (χ0) is 19.1. The van der Waals surface area contributed by atoms with Crippen LogP contribution in [-0.4, -0.2) is 56.0 Å². The Bertz CT molecular complexity index is 692. The second-order valence-corrected chi connectivity index (χ2v) is 7.75. The molecule has 0 saturated carbocycles. The number of nitrogens with one attached hydrogen (secondary N) is 3. The maximum absolute atomic E-state index is 12.1. The second-order valence-electron chi connectivity index (χ2n) is 6.02. The first-order valence-corrected chi connectivity index (χ1v) is 9.22. The van der Waals surface area contributed by atoms with Crippen LogP contribution in [0.15, 0.2) is 11.1 Å². The minimum atomic E-state index is -3.84. The van der Waals surface area contributed by atoms with Crippen LogP contribution in [0.3, 0.4) is 0 Å². The maximum atomic E-state index is 12.1. The average molecular weight is 376 g/mol. The number of sulfonamides is 1. The molecule has 1 aromatic rings. The van der Waals surface area contributed by atoms with Crippen molar-refractivity contribution < 1.29 is 27.5 Å². The van der Waals surface area contributed by atoms with Gasteiger partial charge in [-0.25, -0.2) is 22.7 Å². The molecular weight excluding hydrogens is 352 g/mol. The summed E-state index contributed by atoms with van der Waals surface area (Å²) < 4.78 is 36.3. The number of aromatic amines is 1. The van der Waals surface area contributed by atoms with Crippen LogP contribution < -0.4 is 10.0 Å².